The SMILES string of the molecule is CSCC[C@H](NC(=O)[C@H](CS)NC(=O)[C@H](C)NC(=O)[C@H](C)NC(=O)[C@H](CC(N)=O)NC(=O)[C@@H](NC(=O)[C@H](Cc1ccccc1)NC(=O)[C@H](CCSC)NC(=O)[C@H](CCC(=O)O)NC(=O)[C@H](C)NC(=O)[C@H](CC(=O)O)NC(=O)[C@H](CCC(N)=O)NC(=O)[C@H](CCSC)NC(=O)[C@H](Cc1cnc[nH]1)NC(=O)[C@@H](N)CCCNC(=N)N)[C@@H](C)O)C(=O)N[C@@H](C)C(=O)N[C@@H](CC(C)C)C(=O)O. The molecule has 132 heavy (non-hydrogen) atoms. The third-order valence-electron chi connectivity index (χ3n) is 19.5. The summed E-state index contributed by atoms with van der Waals surface area (Å²) in [5.74, 6) is -23.9. The third-order valence-corrected chi connectivity index (χ3v) is 21.7. The number of primary amides is 2. The number of carbonyl (C=O) groups excluding carboxylic acids is 18. The lowest BCUT2D eigenvalue weighted by molar-refractivity contribution is -0.143. The number of thioether (sulfide) groups is 3. The Kier molecular flexibility index (Phi) is 53.4. The van der Waals surface area contributed by atoms with E-state index in [1.54, 1.807) is 62.9 Å². The molecule has 18 atom stereocenters. The van der Waals surface area contributed by atoms with Crippen LogP contribution in [0.1, 0.15) is 137 Å². The Hall–Kier alpha value is -12.1. The smallest absolute Gasteiger partial charge is 0.326 e. The van der Waals surface area contributed by atoms with Gasteiger partial charge in [0.2, 0.25) is 106 Å². The van der Waals surface area contributed by atoms with Crippen molar-refractivity contribution in [3.05, 3.63) is 54.1 Å². The van der Waals surface area contributed by atoms with Crippen LogP contribution in [0.25, 0.3) is 0 Å². The molecule has 0 radical (unpaired) electrons. The predicted molar refractivity (Wildman–Crippen MR) is 486 cm³/mol. The molecule has 18 amide bonds. The number of amides is 18. The molecule has 31 N–H and O–H groups in total. The monoisotopic (exact) mass is 1940 g/mol. The number of carboxylic acids is 3. The molecule has 0 unspecified atom stereocenters. The standard InChI is InChI=1S/C79H126N24O25S4/c1-37(2)29-55(78(127)128)101-64(113)41(6)89-67(116)48(22-26-130-8)96-76(125)56(35-129)102-65(114)39(4)88-62(111)38(3)90-72(121)53(32-58(82)106)100-77(126)61(42(7)104)103-75(124)51(30-43-15-12-11-13-16-43)98-71(120)50(24-28-132-10)94-68(117)47(19-21-59(107)108)92-63(112)40(5)91-73(122)54(33-60(109)110)99-69(118)46(18-20-57(81)105)93-70(119)49(23-27-131-9)95-74(123)52(31-44-34-85-36-87-44)97-66(115)45(80)17-14-25-86-79(83)84/h11-13,15-16,34,36-42,45-56,61,104,129H,14,17-33,35,80H2,1-10H3,(H2,81,105)(H2,82,106)(H,85,87)(H,88,111)(H,89,116)(H,90,121)(H,91,122)(H,92,112)(H,93,119)(H,94,117)(H,95,123)(H,96,125)(H,97,115)(H,98,120)(H,99,118)(H,100,126)(H,101,113)(H,102,114)(H,103,124)(H,107,108)(H,109,110)(H,127,128)(H4,83,84,86)/t38-,39-,40-,41-,42+,45-,46-,47-,48-,49-,50-,51-,52-,53-,54-,55-,56-,61-/m0/s1. The lowest BCUT2D eigenvalue weighted by atomic mass is 10.0. The topological polar surface area (TPSA) is 801 Å². The number of carbonyl (C=O) groups is 21. The number of guanidine groups is 1. The first kappa shape index (κ1) is 116. The Morgan fingerprint density at radius 3 is 1.19 bits per heavy atom. The quantitative estimate of drug-likeness (QED) is 0.0127. The molecule has 0 spiro atoms. The summed E-state index contributed by atoms with van der Waals surface area (Å²) >= 11 is 7.93. The first-order chi connectivity index (χ1) is 62.1. The molecule has 2 aromatic rings. The van der Waals surface area contributed by atoms with Crippen molar-refractivity contribution in [1.82, 2.24) is 100 Å². The Balaban J connectivity index is 2.40. The average molecular weight is 1940 g/mol. The van der Waals surface area contributed by atoms with Gasteiger partial charge in [-0.25, -0.2) is 9.78 Å². The van der Waals surface area contributed by atoms with Crippen LogP contribution in [-0.2, 0) is 114 Å². The number of rotatable bonds is 64. The van der Waals surface area contributed by atoms with Crippen molar-refractivity contribution in [3.63, 3.8) is 0 Å². The maximum Gasteiger partial charge on any atom is 0.326 e. The van der Waals surface area contributed by atoms with Gasteiger partial charge in [0, 0.05) is 49.9 Å². The van der Waals surface area contributed by atoms with Crippen molar-refractivity contribution in [2.75, 3.05) is 48.3 Å². The Labute approximate surface area is 779 Å². The highest BCUT2D eigenvalue weighted by Crippen LogP contribution is 2.15. The summed E-state index contributed by atoms with van der Waals surface area (Å²) in [5.41, 5.74) is 23.1. The zero-order valence-electron chi connectivity index (χ0n) is 74.7. The Morgan fingerprint density at radius 2 is 0.780 bits per heavy atom. The van der Waals surface area contributed by atoms with Gasteiger partial charge in [-0.2, -0.15) is 47.9 Å². The molecule has 2 rings (SSSR count). The minimum absolute atomic E-state index is 0.0362. The van der Waals surface area contributed by atoms with Crippen LogP contribution >= 0.6 is 47.9 Å². The number of nitrogens with two attached hydrogens (primary N) is 4. The second-order valence-electron chi connectivity index (χ2n) is 31.1. The highest BCUT2D eigenvalue weighted by atomic mass is 32.2. The van der Waals surface area contributed by atoms with Crippen LogP contribution < -0.4 is 113 Å². The number of H-pyrrole nitrogens is 1. The van der Waals surface area contributed by atoms with Crippen molar-refractivity contribution in [2.24, 2.45) is 28.9 Å². The molecule has 0 saturated carbocycles. The van der Waals surface area contributed by atoms with E-state index in [4.69, 9.17) is 28.3 Å². The van der Waals surface area contributed by atoms with Gasteiger partial charge >= 0.3 is 17.9 Å². The number of aliphatic hydroxyl groups excluding tert-OH is 1. The number of aromatic nitrogens is 2. The number of hydrogen-bond acceptors (Lipinski definition) is 29. The van der Waals surface area contributed by atoms with Crippen LogP contribution in [-0.4, -0.2) is 318 Å². The van der Waals surface area contributed by atoms with E-state index in [9.17, 15) is 121 Å². The van der Waals surface area contributed by atoms with E-state index in [1.165, 1.54) is 61.7 Å². The second-order valence-corrected chi connectivity index (χ2v) is 34.4. The van der Waals surface area contributed by atoms with Gasteiger partial charge < -0.3 is 139 Å². The summed E-state index contributed by atoms with van der Waals surface area (Å²) in [6, 6.07) is -19.3. The summed E-state index contributed by atoms with van der Waals surface area (Å²) in [6.45, 7) is 9.45. The van der Waals surface area contributed by atoms with Gasteiger partial charge in [-0.1, -0.05) is 44.2 Å². The van der Waals surface area contributed by atoms with Crippen molar-refractivity contribution >= 4 is 178 Å². The number of aliphatic hydroxyl groups is 1. The van der Waals surface area contributed by atoms with Gasteiger partial charge in [-0.05, 0) is 133 Å². The number of imidazole rings is 1. The third kappa shape index (κ3) is 44.7. The predicted octanol–water partition coefficient (Wildman–Crippen LogP) is -8.20. The molecule has 49 nitrogen and oxygen atoms in total. The summed E-state index contributed by atoms with van der Waals surface area (Å²) in [5, 5.41) is 88.4. The van der Waals surface area contributed by atoms with Crippen LogP contribution in [0.15, 0.2) is 42.9 Å². The number of carboxylic acid groups (broad SMARTS) is 3. The molecule has 0 aliphatic rings. The molecule has 1 aromatic carbocycles. The van der Waals surface area contributed by atoms with Crippen molar-refractivity contribution in [2.45, 2.75) is 247 Å². The first-order valence-corrected chi connectivity index (χ1v) is 46.6. The van der Waals surface area contributed by atoms with E-state index >= 15 is 0 Å². The van der Waals surface area contributed by atoms with Crippen LogP contribution in [0.3, 0.4) is 0 Å². The van der Waals surface area contributed by atoms with Gasteiger partial charge in [0.25, 0.3) is 0 Å². The van der Waals surface area contributed by atoms with Crippen LogP contribution in [0, 0.1) is 11.3 Å². The molecule has 1 heterocycles. The minimum atomic E-state index is -2.09. The van der Waals surface area contributed by atoms with Gasteiger partial charge in [-0.3, -0.25) is 101 Å². The number of aliphatic carboxylic acids is 3. The van der Waals surface area contributed by atoms with E-state index in [0.29, 0.717) is 23.4 Å². The Bertz CT molecular complexity index is 4280. The highest BCUT2D eigenvalue weighted by molar-refractivity contribution is 7.99. The fraction of sp³-hybridized carbons (Fsp3) is 0.608. The average Bonchev–Trinajstić information content (AvgIpc) is 1.09. The van der Waals surface area contributed by atoms with Crippen LogP contribution in [0.4, 0.5) is 0 Å². The van der Waals surface area contributed by atoms with Gasteiger partial charge in [0.1, 0.15) is 96.7 Å². The zero-order valence-corrected chi connectivity index (χ0v) is 78.1. The van der Waals surface area contributed by atoms with Crippen molar-refractivity contribution < 1.29 is 121 Å². The molecule has 0 fully saturated rings. The number of benzene rings is 1. The fourth-order valence-electron chi connectivity index (χ4n) is 12.1. The fourth-order valence-corrected chi connectivity index (χ4v) is 13.8. The molecule has 1 aromatic heterocycles. The lowest BCUT2D eigenvalue weighted by Crippen LogP contribution is -2.62. The van der Waals surface area contributed by atoms with Gasteiger partial charge in [0.05, 0.1) is 31.3 Å². The summed E-state index contributed by atoms with van der Waals surface area (Å²) < 4.78 is 0. The second kappa shape index (κ2) is 60.8. The largest absolute Gasteiger partial charge is 0.481 e. The van der Waals surface area contributed by atoms with Crippen LogP contribution in [0.2, 0.25) is 0 Å². The van der Waals surface area contributed by atoms with Crippen molar-refractivity contribution in [3.8, 4) is 0 Å². The number of nitrogens with zero attached hydrogens (tertiary/aromatic N) is 1. The van der Waals surface area contributed by atoms with Gasteiger partial charge in [0.15, 0.2) is 5.96 Å². The molecular weight excluding hydrogens is 1810 g/mol. The summed E-state index contributed by atoms with van der Waals surface area (Å²) in [7, 11) is 0. The highest BCUT2D eigenvalue weighted by Gasteiger charge is 2.40. The molecular formula is C79H126N24O25S4. The number of hydrogen-bond donors (Lipinski definition) is 28. The number of thiol groups is 1. The van der Waals surface area contributed by atoms with Crippen molar-refractivity contribution in [1.29, 1.82) is 5.41 Å². The first-order valence-electron chi connectivity index (χ1n) is 41.8. The van der Waals surface area contributed by atoms with E-state index < -0.39 is 272 Å². The van der Waals surface area contributed by atoms with Crippen LogP contribution in [0.5, 0.6) is 0 Å². The van der Waals surface area contributed by atoms with E-state index in [2.05, 4.69) is 113 Å². The molecule has 0 aliphatic carbocycles. The maximum atomic E-state index is 14.6. The molecule has 736 valence electrons. The molecule has 0 saturated heterocycles. The lowest BCUT2D eigenvalue weighted by Gasteiger charge is -2.28. The normalized spacial score (nSPS) is 15.1. The van der Waals surface area contributed by atoms with E-state index in [-0.39, 0.29) is 80.6 Å². The Morgan fingerprint density at radius 1 is 0.417 bits per heavy atom. The zero-order chi connectivity index (χ0) is 99.8. The number of aromatic amines is 1. The number of nitrogens with one attached hydrogen (secondary N) is 19. The van der Waals surface area contributed by atoms with E-state index in [1.807, 2.05) is 0 Å². The van der Waals surface area contributed by atoms with Gasteiger partial charge in [-0.15, -0.1) is 0 Å². The van der Waals surface area contributed by atoms with E-state index in [0.717, 1.165) is 20.8 Å². The maximum absolute atomic E-state index is 14.6. The minimum Gasteiger partial charge on any atom is -0.481 e. The molecule has 0 aliphatic heterocycles. The molecule has 53 heteroatoms. The summed E-state index contributed by atoms with van der Waals surface area (Å²) in [6.07, 6.45) is 0.662. The molecule has 0 bridgehead atoms. The summed E-state index contributed by atoms with van der Waals surface area (Å²) in [4.78, 5) is 290.